The van der Waals surface area contributed by atoms with Crippen LogP contribution in [0.15, 0.2) is 89.4 Å². The van der Waals surface area contributed by atoms with Crippen molar-refractivity contribution < 1.29 is 9.53 Å². The van der Waals surface area contributed by atoms with Crippen LogP contribution < -0.4 is 10.1 Å². The number of carbonyl (C=O) groups excluding carboxylic acids is 1. The molecule has 0 unspecified atom stereocenters. The molecular weight excluding hydrogens is 378 g/mol. The second kappa shape index (κ2) is 8.49. The van der Waals surface area contributed by atoms with Crippen LogP contribution in [0.5, 0.6) is 5.75 Å². The Hall–Kier alpha value is -2.59. The lowest BCUT2D eigenvalue weighted by Gasteiger charge is -2.20. The SMILES string of the molecule is O=C(COc1ccccc1Br)NC(c1ccccc1)c1ccccc1. The first kappa shape index (κ1) is 17.2. The van der Waals surface area contributed by atoms with Crippen LogP contribution in [0.1, 0.15) is 17.2 Å². The van der Waals surface area contributed by atoms with Crippen molar-refractivity contribution >= 4 is 21.8 Å². The van der Waals surface area contributed by atoms with Gasteiger partial charge in [0.05, 0.1) is 10.5 Å². The summed E-state index contributed by atoms with van der Waals surface area (Å²) in [4.78, 5) is 12.4. The minimum atomic E-state index is -0.210. The van der Waals surface area contributed by atoms with Crippen LogP contribution in [-0.4, -0.2) is 12.5 Å². The summed E-state index contributed by atoms with van der Waals surface area (Å²) >= 11 is 3.41. The summed E-state index contributed by atoms with van der Waals surface area (Å²) in [6, 6.07) is 27.1. The molecule has 3 rings (SSSR count). The maximum atomic E-state index is 12.4. The van der Waals surface area contributed by atoms with Crippen molar-refractivity contribution in [1.29, 1.82) is 0 Å². The quantitative estimate of drug-likeness (QED) is 0.654. The number of hydrogen-bond acceptors (Lipinski definition) is 2. The molecule has 0 aromatic heterocycles. The highest BCUT2D eigenvalue weighted by molar-refractivity contribution is 9.10. The van der Waals surface area contributed by atoms with Gasteiger partial charge in [0.25, 0.3) is 5.91 Å². The molecule has 126 valence electrons. The third kappa shape index (κ3) is 4.70. The number of nitrogens with one attached hydrogen (secondary N) is 1. The normalized spacial score (nSPS) is 10.5. The van der Waals surface area contributed by atoms with Gasteiger partial charge in [-0.1, -0.05) is 72.8 Å². The van der Waals surface area contributed by atoms with E-state index in [4.69, 9.17) is 4.74 Å². The van der Waals surface area contributed by atoms with Crippen molar-refractivity contribution in [3.05, 3.63) is 101 Å². The lowest BCUT2D eigenvalue weighted by atomic mass is 9.99. The average Bonchev–Trinajstić information content (AvgIpc) is 2.67. The minimum Gasteiger partial charge on any atom is -0.483 e. The molecule has 0 saturated heterocycles. The van der Waals surface area contributed by atoms with Crippen molar-refractivity contribution in [1.82, 2.24) is 5.32 Å². The standard InChI is InChI=1S/C21H18BrNO2/c22-18-13-7-8-14-19(18)25-15-20(24)23-21(16-9-3-1-4-10-16)17-11-5-2-6-12-17/h1-14,21H,15H2,(H,23,24). The van der Waals surface area contributed by atoms with Gasteiger partial charge in [0.1, 0.15) is 5.75 Å². The Morgan fingerprint density at radius 2 is 1.36 bits per heavy atom. The number of amides is 1. The van der Waals surface area contributed by atoms with Gasteiger partial charge in [0.2, 0.25) is 0 Å². The van der Waals surface area contributed by atoms with E-state index >= 15 is 0 Å². The second-order valence-electron chi connectivity index (χ2n) is 5.54. The minimum absolute atomic E-state index is 0.0429. The van der Waals surface area contributed by atoms with E-state index in [2.05, 4.69) is 21.2 Å². The molecule has 25 heavy (non-hydrogen) atoms. The lowest BCUT2D eigenvalue weighted by Crippen LogP contribution is -2.33. The highest BCUT2D eigenvalue weighted by Gasteiger charge is 2.17. The van der Waals surface area contributed by atoms with Crippen molar-refractivity contribution in [3.8, 4) is 5.75 Å². The van der Waals surface area contributed by atoms with Crippen molar-refractivity contribution in [2.75, 3.05) is 6.61 Å². The van der Waals surface area contributed by atoms with E-state index in [0.29, 0.717) is 5.75 Å². The Bertz CT molecular complexity index is 782. The molecule has 0 saturated carbocycles. The molecule has 0 aliphatic heterocycles. The van der Waals surface area contributed by atoms with E-state index in [1.807, 2.05) is 84.9 Å². The highest BCUT2D eigenvalue weighted by atomic mass is 79.9. The van der Waals surface area contributed by atoms with Gasteiger partial charge in [-0.25, -0.2) is 0 Å². The Morgan fingerprint density at radius 3 is 1.92 bits per heavy atom. The molecule has 0 bridgehead atoms. The number of ether oxygens (including phenoxy) is 1. The molecule has 0 fully saturated rings. The smallest absolute Gasteiger partial charge is 0.258 e. The summed E-state index contributed by atoms with van der Waals surface area (Å²) in [6.45, 7) is -0.0429. The molecule has 1 amide bonds. The van der Waals surface area contributed by atoms with Gasteiger partial charge in [-0.15, -0.1) is 0 Å². The van der Waals surface area contributed by atoms with Gasteiger partial charge in [-0.05, 0) is 39.2 Å². The number of benzene rings is 3. The van der Waals surface area contributed by atoms with Gasteiger partial charge in [0.15, 0.2) is 6.61 Å². The lowest BCUT2D eigenvalue weighted by molar-refractivity contribution is -0.123. The van der Waals surface area contributed by atoms with Gasteiger partial charge < -0.3 is 10.1 Å². The first-order chi connectivity index (χ1) is 12.2. The average molecular weight is 396 g/mol. The van der Waals surface area contributed by atoms with Crippen LogP contribution in [0.2, 0.25) is 0 Å². The van der Waals surface area contributed by atoms with E-state index in [1.54, 1.807) is 0 Å². The van der Waals surface area contributed by atoms with Crippen LogP contribution in [-0.2, 0) is 4.79 Å². The molecule has 0 aliphatic rings. The predicted octanol–water partition coefficient (Wildman–Crippen LogP) is 4.73. The molecule has 3 aromatic rings. The largest absolute Gasteiger partial charge is 0.483 e. The number of para-hydroxylation sites is 1. The molecule has 4 heteroatoms. The maximum Gasteiger partial charge on any atom is 0.258 e. The fourth-order valence-electron chi connectivity index (χ4n) is 2.56. The fraction of sp³-hybridized carbons (Fsp3) is 0.0952. The summed E-state index contributed by atoms with van der Waals surface area (Å²) in [5.41, 5.74) is 2.06. The zero-order valence-corrected chi connectivity index (χ0v) is 15.1. The number of carbonyl (C=O) groups is 1. The van der Waals surface area contributed by atoms with Crippen LogP contribution in [0.4, 0.5) is 0 Å². The van der Waals surface area contributed by atoms with Gasteiger partial charge >= 0.3 is 0 Å². The predicted molar refractivity (Wildman–Crippen MR) is 103 cm³/mol. The summed E-state index contributed by atoms with van der Waals surface area (Å²) < 4.78 is 6.44. The Kier molecular flexibility index (Phi) is 5.86. The maximum absolute atomic E-state index is 12.4. The first-order valence-corrected chi connectivity index (χ1v) is 8.80. The van der Waals surface area contributed by atoms with E-state index in [9.17, 15) is 4.79 Å². The monoisotopic (exact) mass is 395 g/mol. The van der Waals surface area contributed by atoms with E-state index < -0.39 is 0 Å². The number of hydrogen-bond donors (Lipinski definition) is 1. The number of rotatable bonds is 6. The molecule has 3 aromatic carbocycles. The van der Waals surface area contributed by atoms with Crippen LogP contribution >= 0.6 is 15.9 Å². The molecule has 0 radical (unpaired) electrons. The summed E-state index contributed by atoms with van der Waals surface area (Å²) in [5.74, 6) is 0.474. The Labute approximate surface area is 155 Å². The van der Waals surface area contributed by atoms with Crippen LogP contribution in [0.25, 0.3) is 0 Å². The van der Waals surface area contributed by atoms with E-state index in [0.717, 1.165) is 15.6 Å². The molecule has 3 nitrogen and oxygen atoms in total. The third-order valence-corrected chi connectivity index (χ3v) is 4.42. The first-order valence-electron chi connectivity index (χ1n) is 8.00. The molecule has 1 N–H and O–H groups in total. The van der Waals surface area contributed by atoms with E-state index in [1.165, 1.54) is 0 Å². The van der Waals surface area contributed by atoms with Gasteiger partial charge in [0, 0.05) is 0 Å². The zero-order chi connectivity index (χ0) is 17.5. The second-order valence-corrected chi connectivity index (χ2v) is 6.40. The number of halogens is 1. The van der Waals surface area contributed by atoms with E-state index in [-0.39, 0.29) is 18.6 Å². The molecule has 0 spiro atoms. The Balaban J connectivity index is 1.72. The van der Waals surface area contributed by atoms with Gasteiger partial charge in [-0.3, -0.25) is 4.79 Å². The third-order valence-electron chi connectivity index (χ3n) is 3.77. The highest BCUT2D eigenvalue weighted by Crippen LogP contribution is 2.24. The topological polar surface area (TPSA) is 38.3 Å². The summed E-state index contributed by atoms with van der Waals surface area (Å²) in [6.07, 6.45) is 0. The van der Waals surface area contributed by atoms with Gasteiger partial charge in [-0.2, -0.15) is 0 Å². The summed E-state index contributed by atoms with van der Waals surface area (Å²) in [5, 5.41) is 3.06. The van der Waals surface area contributed by atoms with Crippen LogP contribution in [0, 0.1) is 0 Å². The fourth-order valence-corrected chi connectivity index (χ4v) is 2.96. The molecule has 0 heterocycles. The van der Waals surface area contributed by atoms with Crippen LogP contribution in [0.3, 0.4) is 0 Å². The van der Waals surface area contributed by atoms with Crippen molar-refractivity contribution in [3.63, 3.8) is 0 Å². The Morgan fingerprint density at radius 1 is 0.840 bits per heavy atom. The molecule has 0 atom stereocenters. The molecular formula is C21H18BrNO2. The zero-order valence-electron chi connectivity index (χ0n) is 13.6. The van der Waals surface area contributed by atoms with Crippen molar-refractivity contribution in [2.24, 2.45) is 0 Å². The van der Waals surface area contributed by atoms with Crippen molar-refractivity contribution in [2.45, 2.75) is 6.04 Å². The molecule has 0 aliphatic carbocycles. The summed E-state index contributed by atoms with van der Waals surface area (Å²) in [7, 11) is 0.